The molecule has 0 radical (unpaired) electrons. The molecule has 0 saturated carbocycles. The average molecular weight is 297 g/mol. The molecule has 2 aromatic rings. The minimum Gasteiger partial charge on any atom is -0.497 e. The molecular formula is C18H19NO3. The maximum absolute atomic E-state index is 11.9. The number of carbonyl (C=O) groups excluding carboxylic acids is 1. The Bertz CT molecular complexity index is 694. The summed E-state index contributed by atoms with van der Waals surface area (Å²) in [7, 11) is 1.61. The number of anilines is 1. The number of methoxy groups -OCH3 is 1. The zero-order chi connectivity index (χ0) is 15.7. The summed E-state index contributed by atoms with van der Waals surface area (Å²) in [6.45, 7) is 1.99. The zero-order valence-corrected chi connectivity index (χ0v) is 12.7. The SMILES string of the molecule is CCC1C(=O)Nc2ccc(C(O)c3ccc(OC)cc3)cc21. The number of hydrogen-bond acceptors (Lipinski definition) is 3. The Morgan fingerprint density at radius 2 is 1.86 bits per heavy atom. The summed E-state index contributed by atoms with van der Waals surface area (Å²) in [5, 5.41) is 13.4. The van der Waals surface area contributed by atoms with Crippen molar-refractivity contribution in [1.29, 1.82) is 0 Å². The highest BCUT2D eigenvalue weighted by Gasteiger charge is 2.29. The first-order valence-corrected chi connectivity index (χ1v) is 7.40. The summed E-state index contributed by atoms with van der Waals surface area (Å²) in [4.78, 5) is 11.9. The van der Waals surface area contributed by atoms with Gasteiger partial charge in [-0.25, -0.2) is 0 Å². The second kappa shape index (κ2) is 5.81. The Balaban J connectivity index is 1.92. The summed E-state index contributed by atoms with van der Waals surface area (Å²) < 4.78 is 5.13. The molecule has 3 rings (SSSR count). The van der Waals surface area contributed by atoms with Gasteiger partial charge in [0, 0.05) is 5.69 Å². The van der Waals surface area contributed by atoms with E-state index < -0.39 is 6.10 Å². The maximum atomic E-state index is 11.9. The Kier molecular flexibility index (Phi) is 3.86. The van der Waals surface area contributed by atoms with Gasteiger partial charge in [0.25, 0.3) is 0 Å². The number of aliphatic hydroxyl groups is 1. The van der Waals surface area contributed by atoms with E-state index in [0.717, 1.165) is 34.5 Å². The van der Waals surface area contributed by atoms with Gasteiger partial charge in [-0.15, -0.1) is 0 Å². The summed E-state index contributed by atoms with van der Waals surface area (Å²) in [6, 6.07) is 13.0. The predicted octanol–water partition coefficient (Wildman–Crippen LogP) is 3.22. The molecule has 1 heterocycles. The number of aliphatic hydroxyl groups excluding tert-OH is 1. The Morgan fingerprint density at radius 3 is 2.50 bits per heavy atom. The summed E-state index contributed by atoms with van der Waals surface area (Å²) in [5.74, 6) is 0.664. The quantitative estimate of drug-likeness (QED) is 0.911. The van der Waals surface area contributed by atoms with Crippen molar-refractivity contribution < 1.29 is 14.6 Å². The number of amides is 1. The van der Waals surface area contributed by atoms with E-state index in [0.29, 0.717) is 0 Å². The molecule has 0 spiro atoms. The fourth-order valence-corrected chi connectivity index (χ4v) is 2.90. The first kappa shape index (κ1) is 14.6. The summed E-state index contributed by atoms with van der Waals surface area (Å²) in [5.41, 5.74) is 3.41. The van der Waals surface area contributed by atoms with Gasteiger partial charge in [-0.1, -0.05) is 25.1 Å². The molecule has 4 heteroatoms. The van der Waals surface area contributed by atoms with Gasteiger partial charge in [-0.3, -0.25) is 4.79 Å². The number of nitrogens with one attached hydrogen (secondary N) is 1. The molecule has 2 N–H and O–H groups in total. The molecule has 114 valence electrons. The van der Waals surface area contributed by atoms with Gasteiger partial charge in [0.05, 0.1) is 13.0 Å². The zero-order valence-electron chi connectivity index (χ0n) is 12.7. The second-order valence-corrected chi connectivity index (χ2v) is 5.47. The molecule has 0 saturated heterocycles. The third kappa shape index (κ3) is 2.46. The van der Waals surface area contributed by atoms with Crippen LogP contribution in [0.2, 0.25) is 0 Å². The fraction of sp³-hybridized carbons (Fsp3) is 0.278. The van der Waals surface area contributed by atoms with Crippen LogP contribution >= 0.6 is 0 Å². The van der Waals surface area contributed by atoms with Gasteiger partial charge >= 0.3 is 0 Å². The van der Waals surface area contributed by atoms with Crippen LogP contribution in [0, 0.1) is 0 Å². The Labute approximate surface area is 129 Å². The van der Waals surface area contributed by atoms with Crippen LogP contribution < -0.4 is 10.1 Å². The van der Waals surface area contributed by atoms with Crippen molar-refractivity contribution in [2.24, 2.45) is 0 Å². The van der Waals surface area contributed by atoms with E-state index in [1.165, 1.54) is 0 Å². The summed E-state index contributed by atoms with van der Waals surface area (Å²) >= 11 is 0. The third-order valence-corrected chi connectivity index (χ3v) is 4.18. The Morgan fingerprint density at radius 1 is 1.18 bits per heavy atom. The molecule has 0 bridgehead atoms. The molecule has 1 aliphatic heterocycles. The highest BCUT2D eigenvalue weighted by Crippen LogP contribution is 2.37. The molecule has 1 amide bonds. The molecule has 1 aliphatic rings. The molecule has 0 aliphatic carbocycles. The topological polar surface area (TPSA) is 58.6 Å². The van der Waals surface area contributed by atoms with Crippen molar-refractivity contribution in [3.8, 4) is 5.75 Å². The van der Waals surface area contributed by atoms with Gasteiger partial charge in [-0.2, -0.15) is 0 Å². The second-order valence-electron chi connectivity index (χ2n) is 5.47. The smallest absolute Gasteiger partial charge is 0.231 e. The number of fused-ring (bicyclic) bond motifs is 1. The van der Waals surface area contributed by atoms with Crippen LogP contribution in [0.1, 0.15) is 42.1 Å². The number of benzene rings is 2. The van der Waals surface area contributed by atoms with Gasteiger partial charge in [0.1, 0.15) is 11.9 Å². The fourth-order valence-electron chi connectivity index (χ4n) is 2.90. The lowest BCUT2D eigenvalue weighted by Gasteiger charge is -2.14. The largest absolute Gasteiger partial charge is 0.497 e. The number of rotatable bonds is 4. The summed E-state index contributed by atoms with van der Waals surface area (Å²) in [6.07, 6.45) is 0.0328. The van der Waals surface area contributed by atoms with Crippen molar-refractivity contribution >= 4 is 11.6 Å². The first-order chi connectivity index (χ1) is 10.6. The van der Waals surface area contributed by atoms with Crippen LogP contribution in [-0.2, 0) is 4.79 Å². The highest BCUT2D eigenvalue weighted by molar-refractivity contribution is 6.02. The van der Waals surface area contributed by atoms with Crippen molar-refractivity contribution in [3.63, 3.8) is 0 Å². The minimum absolute atomic E-state index is 0.0357. The lowest BCUT2D eigenvalue weighted by molar-refractivity contribution is -0.117. The van der Waals surface area contributed by atoms with E-state index in [2.05, 4.69) is 5.32 Å². The van der Waals surface area contributed by atoms with Gasteiger partial charge in [-0.05, 0) is 47.4 Å². The van der Waals surface area contributed by atoms with Crippen LogP contribution in [0.25, 0.3) is 0 Å². The molecule has 0 fully saturated rings. The van der Waals surface area contributed by atoms with E-state index in [1.807, 2.05) is 49.4 Å². The molecule has 0 aromatic heterocycles. The van der Waals surface area contributed by atoms with Crippen LogP contribution in [0.5, 0.6) is 5.75 Å². The normalized spacial score (nSPS) is 17.8. The molecule has 22 heavy (non-hydrogen) atoms. The number of ether oxygens (including phenoxy) is 1. The van der Waals surface area contributed by atoms with Gasteiger partial charge < -0.3 is 15.2 Å². The van der Waals surface area contributed by atoms with E-state index in [4.69, 9.17) is 4.74 Å². The van der Waals surface area contributed by atoms with Crippen molar-refractivity contribution in [3.05, 3.63) is 59.2 Å². The number of hydrogen-bond donors (Lipinski definition) is 2. The van der Waals surface area contributed by atoms with E-state index in [-0.39, 0.29) is 11.8 Å². The first-order valence-electron chi connectivity index (χ1n) is 7.40. The predicted molar refractivity (Wildman–Crippen MR) is 85.2 cm³/mol. The maximum Gasteiger partial charge on any atom is 0.231 e. The third-order valence-electron chi connectivity index (χ3n) is 4.18. The number of carbonyl (C=O) groups is 1. The van der Waals surface area contributed by atoms with Crippen LogP contribution in [0.4, 0.5) is 5.69 Å². The Hall–Kier alpha value is -2.33. The lowest BCUT2D eigenvalue weighted by atomic mass is 9.93. The van der Waals surface area contributed by atoms with Gasteiger partial charge in [0.15, 0.2) is 0 Å². The molecule has 2 aromatic carbocycles. The lowest BCUT2D eigenvalue weighted by Crippen LogP contribution is -2.10. The van der Waals surface area contributed by atoms with Crippen LogP contribution in [-0.4, -0.2) is 18.1 Å². The monoisotopic (exact) mass is 297 g/mol. The molecule has 2 atom stereocenters. The van der Waals surface area contributed by atoms with Crippen LogP contribution in [0.3, 0.4) is 0 Å². The molecule has 4 nitrogen and oxygen atoms in total. The molecular weight excluding hydrogens is 278 g/mol. The standard InChI is InChI=1S/C18H19NO3/c1-3-14-15-10-12(6-9-16(15)19-18(14)21)17(20)11-4-7-13(22-2)8-5-11/h4-10,14,17,20H,3H2,1-2H3,(H,19,21). The van der Waals surface area contributed by atoms with E-state index >= 15 is 0 Å². The van der Waals surface area contributed by atoms with Crippen molar-refractivity contribution in [2.75, 3.05) is 12.4 Å². The van der Waals surface area contributed by atoms with Crippen LogP contribution in [0.15, 0.2) is 42.5 Å². The minimum atomic E-state index is -0.718. The average Bonchev–Trinajstić information content (AvgIpc) is 2.88. The molecule has 2 unspecified atom stereocenters. The van der Waals surface area contributed by atoms with Gasteiger partial charge in [0.2, 0.25) is 5.91 Å². The van der Waals surface area contributed by atoms with E-state index in [1.54, 1.807) is 7.11 Å². The van der Waals surface area contributed by atoms with E-state index in [9.17, 15) is 9.90 Å². The highest BCUT2D eigenvalue weighted by atomic mass is 16.5. The van der Waals surface area contributed by atoms with Crippen molar-refractivity contribution in [2.45, 2.75) is 25.4 Å². The van der Waals surface area contributed by atoms with Crippen molar-refractivity contribution in [1.82, 2.24) is 0 Å².